The van der Waals surface area contributed by atoms with Crippen LogP contribution < -0.4 is 0 Å². The van der Waals surface area contributed by atoms with Gasteiger partial charge < -0.3 is 4.90 Å². The lowest BCUT2D eigenvalue weighted by Crippen LogP contribution is -2.31. The minimum atomic E-state index is -2.74. The summed E-state index contributed by atoms with van der Waals surface area (Å²) < 4.78 is 27.5. The highest BCUT2D eigenvalue weighted by Gasteiger charge is 2.33. The normalized spacial score (nSPS) is 17.2. The molecule has 1 amide bonds. The third-order valence-electron chi connectivity index (χ3n) is 4.65. The number of hydrogen-bond acceptors (Lipinski definition) is 4. The molecule has 1 atom stereocenters. The van der Waals surface area contributed by atoms with E-state index >= 15 is 0 Å². The van der Waals surface area contributed by atoms with Crippen LogP contribution in [-0.4, -0.2) is 36.9 Å². The molecule has 3 aromatic rings. The van der Waals surface area contributed by atoms with Crippen molar-refractivity contribution in [1.29, 1.82) is 0 Å². The minimum Gasteiger partial charge on any atom is -0.329 e. The summed E-state index contributed by atoms with van der Waals surface area (Å²) in [6.45, 7) is 2.15. The Balaban J connectivity index is 1.69. The summed E-state index contributed by atoms with van der Waals surface area (Å²) in [4.78, 5) is 22.9. The average molecular weight is 392 g/mol. The summed E-state index contributed by atoms with van der Waals surface area (Å²) >= 11 is 5.94. The van der Waals surface area contributed by atoms with E-state index in [1.165, 1.54) is 6.07 Å². The number of rotatable bonds is 3. The van der Waals surface area contributed by atoms with Gasteiger partial charge in [-0.05, 0) is 43.5 Å². The van der Waals surface area contributed by atoms with Crippen molar-refractivity contribution in [2.24, 2.45) is 0 Å². The maximum atomic E-state index is 13.3. The van der Waals surface area contributed by atoms with Crippen LogP contribution in [-0.2, 0) is 0 Å². The second kappa shape index (κ2) is 6.84. The van der Waals surface area contributed by atoms with Crippen molar-refractivity contribution in [3.05, 3.63) is 58.1 Å². The van der Waals surface area contributed by atoms with E-state index < -0.39 is 12.3 Å². The fourth-order valence-electron chi connectivity index (χ4n) is 3.43. The summed E-state index contributed by atoms with van der Waals surface area (Å²) in [5, 5.41) is 4.64. The van der Waals surface area contributed by atoms with Crippen LogP contribution in [0, 0.1) is 6.92 Å². The standard InChI is InChI=1S/C18H16ClF2N5O/c1-10-9-14(15(20)21)26-18(22-10)23-16(24-26)17(27)25-8-2-3-13(25)11-4-6-12(19)7-5-11/h4-7,9,13,15H,2-3,8H2,1H3. The van der Waals surface area contributed by atoms with Crippen LogP contribution in [0.15, 0.2) is 30.3 Å². The summed E-state index contributed by atoms with van der Waals surface area (Å²) in [5.41, 5.74) is 1.03. The first-order chi connectivity index (χ1) is 12.9. The number of fused-ring (bicyclic) bond motifs is 1. The molecular formula is C18H16ClF2N5O. The van der Waals surface area contributed by atoms with Gasteiger partial charge in [-0.2, -0.15) is 9.50 Å². The first-order valence-electron chi connectivity index (χ1n) is 8.53. The molecule has 1 aliphatic heterocycles. The fraction of sp³-hybridized carbons (Fsp3) is 0.333. The Morgan fingerprint density at radius 2 is 2.00 bits per heavy atom. The first kappa shape index (κ1) is 17.8. The zero-order valence-electron chi connectivity index (χ0n) is 14.4. The molecule has 9 heteroatoms. The quantitative estimate of drug-likeness (QED) is 0.677. The molecule has 0 aliphatic carbocycles. The molecule has 6 nitrogen and oxygen atoms in total. The lowest BCUT2D eigenvalue weighted by molar-refractivity contribution is 0.0723. The van der Waals surface area contributed by atoms with Crippen molar-refractivity contribution >= 4 is 23.3 Å². The van der Waals surface area contributed by atoms with Crippen LogP contribution in [0.1, 0.15) is 52.9 Å². The van der Waals surface area contributed by atoms with Crippen LogP contribution in [0.3, 0.4) is 0 Å². The predicted octanol–water partition coefficient (Wildman–Crippen LogP) is 4.00. The largest absolute Gasteiger partial charge is 0.329 e. The van der Waals surface area contributed by atoms with Gasteiger partial charge in [-0.3, -0.25) is 4.79 Å². The average Bonchev–Trinajstić information content (AvgIpc) is 3.27. The molecule has 1 aromatic carbocycles. The maximum Gasteiger partial charge on any atom is 0.294 e. The number of benzene rings is 1. The zero-order chi connectivity index (χ0) is 19.1. The number of carbonyl (C=O) groups is 1. The Kier molecular flexibility index (Phi) is 4.51. The fourth-order valence-corrected chi connectivity index (χ4v) is 3.56. The van der Waals surface area contributed by atoms with Crippen LogP contribution in [0.25, 0.3) is 5.78 Å². The Bertz CT molecular complexity index is 1000. The van der Waals surface area contributed by atoms with E-state index in [9.17, 15) is 13.6 Å². The second-order valence-electron chi connectivity index (χ2n) is 6.48. The lowest BCUT2D eigenvalue weighted by Gasteiger charge is -2.23. The topological polar surface area (TPSA) is 63.4 Å². The second-order valence-corrected chi connectivity index (χ2v) is 6.91. The number of nitrogens with zero attached hydrogens (tertiary/aromatic N) is 5. The van der Waals surface area contributed by atoms with Crippen LogP contribution in [0.2, 0.25) is 5.02 Å². The van der Waals surface area contributed by atoms with Crippen molar-refractivity contribution in [2.75, 3.05) is 6.54 Å². The highest BCUT2D eigenvalue weighted by Crippen LogP contribution is 2.33. The number of hydrogen-bond donors (Lipinski definition) is 0. The highest BCUT2D eigenvalue weighted by molar-refractivity contribution is 6.30. The van der Waals surface area contributed by atoms with Gasteiger partial charge in [0.05, 0.1) is 6.04 Å². The Hall–Kier alpha value is -2.61. The van der Waals surface area contributed by atoms with Gasteiger partial charge in [0.2, 0.25) is 5.82 Å². The summed E-state index contributed by atoms with van der Waals surface area (Å²) in [5.74, 6) is -0.525. The molecule has 1 saturated heterocycles. The molecule has 3 heterocycles. The van der Waals surface area contributed by atoms with Gasteiger partial charge in [0.1, 0.15) is 5.69 Å². The molecule has 2 aromatic heterocycles. The van der Waals surface area contributed by atoms with Gasteiger partial charge in [0, 0.05) is 17.3 Å². The molecule has 1 unspecified atom stereocenters. The van der Waals surface area contributed by atoms with E-state index in [-0.39, 0.29) is 23.3 Å². The van der Waals surface area contributed by atoms with Crippen LogP contribution in [0.4, 0.5) is 8.78 Å². The summed E-state index contributed by atoms with van der Waals surface area (Å²) in [6, 6.07) is 8.45. The van der Waals surface area contributed by atoms with Gasteiger partial charge in [-0.25, -0.2) is 13.8 Å². The van der Waals surface area contributed by atoms with Gasteiger partial charge >= 0.3 is 0 Å². The molecule has 140 valence electrons. The number of aryl methyl sites for hydroxylation is 1. The Morgan fingerprint density at radius 3 is 2.70 bits per heavy atom. The molecular weight excluding hydrogens is 376 g/mol. The molecule has 0 saturated carbocycles. The van der Waals surface area contributed by atoms with Gasteiger partial charge in [0.25, 0.3) is 18.1 Å². The zero-order valence-corrected chi connectivity index (χ0v) is 15.2. The number of carbonyl (C=O) groups excluding carboxylic acids is 1. The Labute approximate surface area is 158 Å². The molecule has 0 N–H and O–H groups in total. The van der Waals surface area contributed by atoms with Crippen molar-refractivity contribution in [1.82, 2.24) is 24.5 Å². The van der Waals surface area contributed by atoms with Crippen molar-refractivity contribution < 1.29 is 13.6 Å². The smallest absolute Gasteiger partial charge is 0.294 e. The van der Waals surface area contributed by atoms with E-state index in [1.807, 2.05) is 12.1 Å². The van der Waals surface area contributed by atoms with E-state index in [4.69, 9.17) is 11.6 Å². The van der Waals surface area contributed by atoms with E-state index in [2.05, 4.69) is 15.1 Å². The van der Waals surface area contributed by atoms with Crippen molar-refractivity contribution in [3.8, 4) is 0 Å². The highest BCUT2D eigenvalue weighted by atomic mass is 35.5. The van der Waals surface area contributed by atoms with Crippen molar-refractivity contribution in [2.45, 2.75) is 32.2 Å². The predicted molar refractivity (Wildman–Crippen MR) is 94.9 cm³/mol. The third-order valence-corrected chi connectivity index (χ3v) is 4.90. The van der Waals surface area contributed by atoms with Gasteiger partial charge in [-0.15, -0.1) is 5.10 Å². The maximum absolute atomic E-state index is 13.3. The first-order valence-corrected chi connectivity index (χ1v) is 8.91. The molecule has 27 heavy (non-hydrogen) atoms. The number of alkyl halides is 2. The molecule has 0 spiro atoms. The molecule has 0 radical (unpaired) electrons. The number of amides is 1. The monoisotopic (exact) mass is 391 g/mol. The third kappa shape index (κ3) is 3.25. The molecule has 1 fully saturated rings. The van der Waals surface area contributed by atoms with E-state index in [1.54, 1.807) is 24.0 Å². The minimum absolute atomic E-state index is 0.00381. The number of likely N-dealkylation sites (tertiary alicyclic amines) is 1. The summed E-state index contributed by atoms with van der Waals surface area (Å²) in [7, 11) is 0. The SMILES string of the molecule is Cc1cc(C(F)F)n2nc(C(=O)N3CCCC3c3ccc(Cl)cc3)nc2n1. The van der Waals surface area contributed by atoms with E-state index in [0.29, 0.717) is 17.3 Å². The molecule has 0 bridgehead atoms. The molecule has 4 rings (SSSR count). The lowest BCUT2D eigenvalue weighted by atomic mass is 10.0. The number of aromatic nitrogens is 4. The number of halogens is 3. The van der Waals surface area contributed by atoms with Gasteiger partial charge in [-0.1, -0.05) is 23.7 Å². The van der Waals surface area contributed by atoms with E-state index in [0.717, 1.165) is 22.9 Å². The summed E-state index contributed by atoms with van der Waals surface area (Å²) in [6.07, 6.45) is -1.10. The van der Waals surface area contributed by atoms with Crippen molar-refractivity contribution in [3.63, 3.8) is 0 Å². The van der Waals surface area contributed by atoms with Crippen LogP contribution in [0.5, 0.6) is 0 Å². The van der Waals surface area contributed by atoms with Gasteiger partial charge in [0.15, 0.2) is 0 Å². The Morgan fingerprint density at radius 1 is 1.26 bits per heavy atom. The van der Waals surface area contributed by atoms with Crippen LogP contribution >= 0.6 is 11.6 Å². The molecule has 1 aliphatic rings.